The van der Waals surface area contributed by atoms with Crippen LogP contribution in [0.2, 0.25) is 0 Å². The van der Waals surface area contributed by atoms with E-state index in [1.165, 1.54) is 26.4 Å². The number of aliphatic imine (C=N–C) groups is 1. The first-order valence-electron chi connectivity index (χ1n) is 11.3. The zero-order chi connectivity index (χ0) is 27.5. The first-order valence-corrected chi connectivity index (χ1v) is 11.3. The van der Waals surface area contributed by atoms with Crippen LogP contribution in [0.25, 0.3) is 0 Å². The summed E-state index contributed by atoms with van der Waals surface area (Å²) in [5.41, 5.74) is -1.32. The predicted octanol–water partition coefficient (Wildman–Crippen LogP) is 3.75. The third-order valence-corrected chi connectivity index (χ3v) is 4.01. The van der Waals surface area contributed by atoms with Crippen molar-refractivity contribution in [3.05, 3.63) is 17.7 Å². The number of benzene rings is 1. The maximum Gasteiger partial charge on any atom is 0.414 e. The highest BCUT2D eigenvalue weighted by Crippen LogP contribution is 2.37. The number of methoxy groups -OCH3 is 2. The fourth-order valence-electron chi connectivity index (χ4n) is 2.58. The van der Waals surface area contributed by atoms with Crippen molar-refractivity contribution in [2.75, 3.05) is 27.4 Å². The standard InChI is InChI=1S/C24H37N3O9/c1-23(2,3)35-21(30)26-20(27-22(31)36-24(4,5)6)25-11-9-10-12-34-19(29)15-13-16(32-7)18(28)17(14-15)33-8/h13-14,28H,9-12H2,1-8H3,(H2,25,26,27,30,31). The Morgan fingerprint density at radius 2 is 1.33 bits per heavy atom. The number of ether oxygens (including phenoxy) is 5. The lowest BCUT2D eigenvalue weighted by molar-refractivity contribution is 0.0492. The van der Waals surface area contributed by atoms with Gasteiger partial charge in [-0.05, 0) is 66.5 Å². The Kier molecular flexibility index (Phi) is 11.3. The summed E-state index contributed by atoms with van der Waals surface area (Å²) >= 11 is 0. The van der Waals surface area contributed by atoms with Crippen molar-refractivity contribution in [3.8, 4) is 17.2 Å². The quantitative estimate of drug-likeness (QED) is 0.156. The molecular formula is C24H37N3O9. The Morgan fingerprint density at radius 1 is 0.861 bits per heavy atom. The number of aromatic hydroxyl groups is 1. The van der Waals surface area contributed by atoms with Crippen LogP contribution in [0.1, 0.15) is 64.7 Å². The first kappa shape index (κ1) is 30.3. The van der Waals surface area contributed by atoms with Gasteiger partial charge in [0.05, 0.1) is 26.4 Å². The van der Waals surface area contributed by atoms with E-state index in [-0.39, 0.29) is 41.9 Å². The molecule has 12 heteroatoms. The van der Waals surface area contributed by atoms with Crippen LogP contribution < -0.4 is 20.1 Å². The first-order chi connectivity index (χ1) is 16.6. The summed E-state index contributed by atoms with van der Waals surface area (Å²) in [4.78, 5) is 40.7. The molecule has 2 amide bonds. The van der Waals surface area contributed by atoms with Gasteiger partial charge in [-0.1, -0.05) is 0 Å². The molecule has 0 radical (unpaired) electrons. The number of phenolic OH excluding ortho intramolecular Hbond substituents is 1. The monoisotopic (exact) mass is 511 g/mol. The van der Waals surface area contributed by atoms with Gasteiger partial charge in [-0.25, -0.2) is 14.4 Å². The number of alkyl carbamates (subject to hydrolysis) is 2. The van der Waals surface area contributed by atoms with Gasteiger partial charge >= 0.3 is 18.2 Å². The number of hydrogen-bond acceptors (Lipinski definition) is 10. The second-order valence-corrected chi connectivity index (χ2v) is 9.56. The Labute approximate surface area is 211 Å². The molecule has 202 valence electrons. The van der Waals surface area contributed by atoms with Crippen LogP contribution in [0, 0.1) is 0 Å². The number of carbonyl (C=O) groups is 3. The second-order valence-electron chi connectivity index (χ2n) is 9.56. The summed E-state index contributed by atoms with van der Waals surface area (Å²) in [5.74, 6) is -0.797. The highest BCUT2D eigenvalue weighted by atomic mass is 16.6. The zero-order valence-corrected chi connectivity index (χ0v) is 22.1. The minimum Gasteiger partial charge on any atom is -0.502 e. The molecule has 12 nitrogen and oxygen atoms in total. The highest BCUT2D eigenvalue weighted by molar-refractivity contribution is 6.01. The molecular weight excluding hydrogens is 474 g/mol. The molecule has 3 N–H and O–H groups in total. The molecule has 0 aliphatic rings. The van der Waals surface area contributed by atoms with Crippen LogP contribution in [0.4, 0.5) is 9.59 Å². The third kappa shape index (κ3) is 11.6. The fraction of sp³-hybridized carbons (Fsp3) is 0.583. The van der Waals surface area contributed by atoms with Gasteiger partial charge in [0.2, 0.25) is 11.7 Å². The molecule has 0 unspecified atom stereocenters. The molecule has 0 aromatic heterocycles. The van der Waals surface area contributed by atoms with Gasteiger partial charge in [-0.15, -0.1) is 0 Å². The molecule has 0 heterocycles. The fourth-order valence-corrected chi connectivity index (χ4v) is 2.58. The Hall–Kier alpha value is -3.70. The summed E-state index contributed by atoms with van der Waals surface area (Å²) in [6.07, 6.45) is -0.643. The smallest absolute Gasteiger partial charge is 0.414 e. The van der Waals surface area contributed by atoms with E-state index in [9.17, 15) is 19.5 Å². The lowest BCUT2D eigenvalue weighted by Crippen LogP contribution is -2.47. The second kappa shape index (κ2) is 13.4. The van der Waals surface area contributed by atoms with E-state index in [0.29, 0.717) is 12.8 Å². The van der Waals surface area contributed by atoms with Crippen molar-refractivity contribution >= 4 is 24.1 Å². The number of esters is 1. The molecule has 0 bridgehead atoms. The Bertz CT molecular complexity index is 890. The molecule has 0 fully saturated rings. The van der Waals surface area contributed by atoms with E-state index in [2.05, 4.69) is 15.6 Å². The van der Waals surface area contributed by atoms with Gasteiger partial charge < -0.3 is 28.8 Å². The van der Waals surface area contributed by atoms with Crippen molar-refractivity contribution in [1.82, 2.24) is 10.6 Å². The van der Waals surface area contributed by atoms with E-state index in [1.807, 2.05) is 0 Å². The van der Waals surface area contributed by atoms with E-state index in [4.69, 9.17) is 23.7 Å². The molecule has 36 heavy (non-hydrogen) atoms. The average molecular weight is 512 g/mol. The van der Waals surface area contributed by atoms with Crippen molar-refractivity contribution in [2.24, 2.45) is 4.99 Å². The van der Waals surface area contributed by atoms with Gasteiger partial charge in [0.15, 0.2) is 11.5 Å². The summed E-state index contributed by atoms with van der Waals surface area (Å²) in [6, 6.07) is 2.70. The summed E-state index contributed by atoms with van der Waals surface area (Å²) in [7, 11) is 2.71. The maximum absolute atomic E-state index is 12.3. The molecule has 1 aromatic carbocycles. The van der Waals surface area contributed by atoms with E-state index >= 15 is 0 Å². The van der Waals surface area contributed by atoms with Crippen LogP contribution >= 0.6 is 0 Å². The molecule has 1 aromatic rings. The molecule has 0 atom stereocenters. The number of nitrogens with zero attached hydrogens (tertiary/aromatic N) is 1. The van der Waals surface area contributed by atoms with Gasteiger partial charge in [-0.3, -0.25) is 15.6 Å². The van der Waals surface area contributed by atoms with Crippen molar-refractivity contribution < 1.29 is 43.2 Å². The molecule has 0 aliphatic heterocycles. The van der Waals surface area contributed by atoms with E-state index in [1.54, 1.807) is 41.5 Å². The normalized spacial score (nSPS) is 11.1. The lowest BCUT2D eigenvalue weighted by Gasteiger charge is -2.22. The number of amides is 2. The number of phenols is 1. The molecule has 0 spiro atoms. The number of nitrogens with one attached hydrogen (secondary N) is 2. The molecule has 0 aliphatic carbocycles. The SMILES string of the molecule is COc1cc(C(=O)OCCCCN=C(NC(=O)OC(C)(C)C)NC(=O)OC(C)(C)C)cc(OC)c1O. The van der Waals surface area contributed by atoms with Crippen LogP contribution in [-0.4, -0.2) is 67.8 Å². The van der Waals surface area contributed by atoms with Gasteiger partial charge in [0, 0.05) is 6.54 Å². The number of guanidine groups is 1. The largest absolute Gasteiger partial charge is 0.502 e. The van der Waals surface area contributed by atoms with Crippen LogP contribution in [0.3, 0.4) is 0 Å². The summed E-state index contributed by atoms with van der Waals surface area (Å²) in [5, 5.41) is 14.7. The Morgan fingerprint density at radius 3 is 1.75 bits per heavy atom. The van der Waals surface area contributed by atoms with E-state index in [0.717, 1.165) is 0 Å². The third-order valence-electron chi connectivity index (χ3n) is 4.01. The van der Waals surface area contributed by atoms with Crippen molar-refractivity contribution in [1.29, 1.82) is 0 Å². The number of hydrogen-bond donors (Lipinski definition) is 3. The summed E-state index contributed by atoms with van der Waals surface area (Å²) in [6.45, 7) is 10.5. The van der Waals surface area contributed by atoms with Crippen LogP contribution in [-0.2, 0) is 14.2 Å². The lowest BCUT2D eigenvalue weighted by atomic mass is 10.2. The average Bonchev–Trinajstić information content (AvgIpc) is 2.73. The number of carbonyl (C=O) groups excluding carboxylic acids is 3. The topological polar surface area (TPSA) is 154 Å². The maximum atomic E-state index is 12.3. The minimum atomic E-state index is -0.786. The summed E-state index contributed by atoms with van der Waals surface area (Å²) < 4.78 is 25.7. The highest BCUT2D eigenvalue weighted by Gasteiger charge is 2.21. The van der Waals surface area contributed by atoms with Gasteiger partial charge in [0.1, 0.15) is 11.2 Å². The molecule has 0 saturated carbocycles. The van der Waals surface area contributed by atoms with Crippen molar-refractivity contribution in [3.63, 3.8) is 0 Å². The van der Waals surface area contributed by atoms with E-state index < -0.39 is 29.4 Å². The predicted molar refractivity (Wildman–Crippen MR) is 132 cm³/mol. The molecule has 1 rings (SSSR count). The minimum absolute atomic E-state index is 0.0816. The van der Waals surface area contributed by atoms with Crippen molar-refractivity contribution in [2.45, 2.75) is 65.6 Å². The molecule has 0 saturated heterocycles. The zero-order valence-electron chi connectivity index (χ0n) is 22.1. The number of rotatable bonds is 8. The van der Waals surface area contributed by atoms with Gasteiger partial charge in [-0.2, -0.15) is 0 Å². The van der Waals surface area contributed by atoms with Crippen LogP contribution in [0.15, 0.2) is 17.1 Å². The Balaban J connectivity index is 2.67. The number of unbranched alkanes of at least 4 members (excludes halogenated alkanes) is 1. The van der Waals surface area contributed by atoms with Gasteiger partial charge in [0.25, 0.3) is 0 Å². The van der Waals surface area contributed by atoms with Crippen LogP contribution in [0.5, 0.6) is 17.2 Å².